The minimum absolute atomic E-state index is 0.221. The van der Waals surface area contributed by atoms with Crippen molar-refractivity contribution in [3.8, 4) is 16.9 Å². The molecule has 0 aliphatic carbocycles. The maximum Gasteiger partial charge on any atom is 0.405 e. The number of hydrogen-bond acceptors (Lipinski definition) is 3. The summed E-state index contributed by atoms with van der Waals surface area (Å²) in [4.78, 5) is 15.1. The molecule has 5 nitrogen and oxygen atoms in total. The molecular formula is C19H16N2O3. The molecule has 3 aromatic rings. The molecule has 2 heterocycles. The molecule has 0 radical (unpaired) electrons. The number of ether oxygens (including phenoxy) is 1. The highest BCUT2D eigenvalue weighted by Crippen LogP contribution is 2.36. The lowest BCUT2D eigenvalue weighted by Crippen LogP contribution is -2.30. The van der Waals surface area contributed by atoms with Gasteiger partial charge in [0.15, 0.2) is 0 Å². The SMILES string of the molecule is O=C(O)NC1CCOc2cc(-c3ccc4ccncc4c3)ccc21. The van der Waals surface area contributed by atoms with Crippen molar-refractivity contribution in [2.45, 2.75) is 12.5 Å². The summed E-state index contributed by atoms with van der Waals surface area (Å²) >= 11 is 0. The van der Waals surface area contributed by atoms with Gasteiger partial charge in [0.2, 0.25) is 0 Å². The summed E-state index contributed by atoms with van der Waals surface area (Å²) in [7, 11) is 0. The van der Waals surface area contributed by atoms with Crippen LogP contribution in [0.4, 0.5) is 4.79 Å². The molecule has 0 saturated carbocycles. The lowest BCUT2D eigenvalue weighted by atomic mass is 9.96. The fraction of sp³-hybridized carbons (Fsp3) is 0.158. The Labute approximate surface area is 138 Å². The number of benzene rings is 2. The van der Waals surface area contributed by atoms with E-state index in [1.807, 2.05) is 30.5 Å². The molecule has 1 aromatic heterocycles. The van der Waals surface area contributed by atoms with Gasteiger partial charge < -0.3 is 15.2 Å². The normalized spacial score (nSPS) is 16.2. The molecule has 0 fully saturated rings. The van der Waals surface area contributed by atoms with Gasteiger partial charge in [-0.1, -0.05) is 24.3 Å². The topological polar surface area (TPSA) is 71.5 Å². The molecule has 2 aromatic carbocycles. The largest absolute Gasteiger partial charge is 0.493 e. The maximum absolute atomic E-state index is 10.9. The van der Waals surface area contributed by atoms with E-state index in [1.54, 1.807) is 6.20 Å². The first-order chi connectivity index (χ1) is 11.7. The van der Waals surface area contributed by atoms with Crippen LogP contribution in [0.1, 0.15) is 18.0 Å². The second-order valence-corrected chi connectivity index (χ2v) is 5.83. The van der Waals surface area contributed by atoms with E-state index in [2.05, 4.69) is 28.5 Å². The van der Waals surface area contributed by atoms with Crippen molar-refractivity contribution in [2.75, 3.05) is 6.61 Å². The quantitative estimate of drug-likeness (QED) is 0.749. The summed E-state index contributed by atoms with van der Waals surface area (Å²) < 4.78 is 5.74. The number of fused-ring (bicyclic) bond motifs is 2. The second-order valence-electron chi connectivity index (χ2n) is 5.83. The van der Waals surface area contributed by atoms with E-state index >= 15 is 0 Å². The maximum atomic E-state index is 10.9. The highest BCUT2D eigenvalue weighted by Gasteiger charge is 2.23. The average molecular weight is 320 g/mol. The molecule has 0 saturated heterocycles. The van der Waals surface area contributed by atoms with Crippen molar-refractivity contribution in [1.82, 2.24) is 10.3 Å². The summed E-state index contributed by atoms with van der Waals surface area (Å²) in [5.74, 6) is 0.740. The van der Waals surface area contributed by atoms with Gasteiger partial charge in [-0.2, -0.15) is 0 Å². The molecule has 1 amide bonds. The van der Waals surface area contributed by atoms with Gasteiger partial charge in [-0.3, -0.25) is 4.98 Å². The van der Waals surface area contributed by atoms with Gasteiger partial charge in [0.25, 0.3) is 0 Å². The Morgan fingerprint density at radius 1 is 1.12 bits per heavy atom. The Morgan fingerprint density at radius 2 is 1.96 bits per heavy atom. The molecular weight excluding hydrogens is 304 g/mol. The molecule has 120 valence electrons. The third kappa shape index (κ3) is 2.65. The third-order valence-corrected chi connectivity index (χ3v) is 4.32. The van der Waals surface area contributed by atoms with Crippen LogP contribution in [-0.2, 0) is 0 Å². The Morgan fingerprint density at radius 3 is 2.83 bits per heavy atom. The molecule has 4 rings (SSSR count). The smallest absolute Gasteiger partial charge is 0.405 e. The monoisotopic (exact) mass is 320 g/mol. The van der Waals surface area contributed by atoms with Crippen LogP contribution in [-0.4, -0.2) is 22.8 Å². The Kier molecular flexibility index (Phi) is 3.54. The van der Waals surface area contributed by atoms with Crippen LogP contribution >= 0.6 is 0 Å². The molecule has 1 aliphatic heterocycles. The lowest BCUT2D eigenvalue weighted by Gasteiger charge is -2.26. The summed E-state index contributed by atoms with van der Waals surface area (Å²) in [6, 6.07) is 13.9. The minimum Gasteiger partial charge on any atom is -0.493 e. The number of aromatic nitrogens is 1. The Hall–Kier alpha value is -3.08. The van der Waals surface area contributed by atoms with Crippen molar-refractivity contribution in [3.63, 3.8) is 0 Å². The highest BCUT2D eigenvalue weighted by atomic mass is 16.5. The zero-order valence-corrected chi connectivity index (χ0v) is 12.9. The predicted molar refractivity (Wildman–Crippen MR) is 91.2 cm³/mol. The van der Waals surface area contributed by atoms with Crippen molar-refractivity contribution in [2.24, 2.45) is 0 Å². The van der Waals surface area contributed by atoms with Crippen LogP contribution in [0.25, 0.3) is 21.9 Å². The van der Waals surface area contributed by atoms with Crippen LogP contribution in [0, 0.1) is 0 Å². The van der Waals surface area contributed by atoms with Crippen LogP contribution in [0.15, 0.2) is 54.9 Å². The first kappa shape index (κ1) is 14.5. The molecule has 1 atom stereocenters. The van der Waals surface area contributed by atoms with Crippen LogP contribution < -0.4 is 10.1 Å². The lowest BCUT2D eigenvalue weighted by molar-refractivity contribution is 0.182. The van der Waals surface area contributed by atoms with Gasteiger partial charge in [0.1, 0.15) is 5.75 Å². The number of pyridine rings is 1. The molecule has 1 aliphatic rings. The number of nitrogens with zero attached hydrogens (tertiary/aromatic N) is 1. The van der Waals surface area contributed by atoms with E-state index in [0.717, 1.165) is 33.2 Å². The van der Waals surface area contributed by atoms with E-state index in [0.29, 0.717) is 13.0 Å². The van der Waals surface area contributed by atoms with E-state index < -0.39 is 6.09 Å². The third-order valence-electron chi connectivity index (χ3n) is 4.32. The average Bonchev–Trinajstić information content (AvgIpc) is 2.60. The number of hydrogen-bond donors (Lipinski definition) is 2. The second kappa shape index (κ2) is 5.85. The Balaban J connectivity index is 1.72. The number of amides is 1. The van der Waals surface area contributed by atoms with E-state index in [1.165, 1.54) is 0 Å². The van der Waals surface area contributed by atoms with Crippen molar-refractivity contribution >= 4 is 16.9 Å². The van der Waals surface area contributed by atoms with Gasteiger partial charge in [0.05, 0.1) is 12.6 Å². The van der Waals surface area contributed by atoms with Gasteiger partial charge in [-0.25, -0.2) is 4.79 Å². The number of nitrogens with one attached hydrogen (secondary N) is 1. The molecule has 5 heteroatoms. The van der Waals surface area contributed by atoms with E-state index in [4.69, 9.17) is 9.84 Å². The number of carbonyl (C=O) groups is 1. The first-order valence-electron chi connectivity index (χ1n) is 7.81. The van der Waals surface area contributed by atoms with Gasteiger partial charge >= 0.3 is 6.09 Å². The van der Waals surface area contributed by atoms with Crippen LogP contribution in [0.5, 0.6) is 5.75 Å². The minimum atomic E-state index is -1.01. The van der Waals surface area contributed by atoms with Crippen LogP contribution in [0.2, 0.25) is 0 Å². The molecule has 24 heavy (non-hydrogen) atoms. The zero-order valence-electron chi connectivity index (χ0n) is 12.9. The van der Waals surface area contributed by atoms with Gasteiger partial charge in [0, 0.05) is 29.8 Å². The number of rotatable bonds is 2. The van der Waals surface area contributed by atoms with Gasteiger partial charge in [-0.05, 0) is 34.7 Å². The van der Waals surface area contributed by atoms with Gasteiger partial charge in [-0.15, -0.1) is 0 Å². The van der Waals surface area contributed by atoms with E-state index in [-0.39, 0.29) is 6.04 Å². The summed E-state index contributed by atoms with van der Waals surface area (Å²) in [5.41, 5.74) is 3.00. The molecule has 2 N–H and O–H groups in total. The zero-order chi connectivity index (χ0) is 16.5. The Bertz CT molecular complexity index is 923. The molecule has 0 spiro atoms. The summed E-state index contributed by atoms with van der Waals surface area (Å²) in [6.45, 7) is 0.503. The molecule has 1 unspecified atom stereocenters. The van der Waals surface area contributed by atoms with E-state index in [9.17, 15) is 4.79 Å². The molecule has 0 bridgehead atoms. The fourth-order valence-corrected chi connectivity index (χ4v) is 3.13. The van der Waals surface area contributed by atoms with Crippen molar-refractivity contribution < 1.29 is 14.6 Å². The fourth-order valence-electron chi connectivity index (χ4n) is 3.13. The highest BCUT2D eigenvalue weighted by molar-refractivity contribution is 5.86. The summed E-state index contributed by atoms with van der Waals surface area (Å²) in [6.07, 6.45) is 3.25. The number of carboxylic acid groups (broad SMARTS) is 1. The first-order valence-corrected chi connectivity index (χ1v) is 7.81. The van der Waals surface area contributed by atoms with Crippen LogP contribution in [0.3, 0.4) is 0 Å². The van der Waals surface area contributed by atoms with Crippen molar-refractivity contribution in [3.05, 3.63) is 60.4 Å². The summed E-state index contributed by atoms with van der Waals surface area (Å²) in [5, 5.41) is 13.7. The van der Waals surface area contributed by atoms with Crippen molar-refractivity contribution in [1.29, 1.82) is 0 Å². The predicted octanol–water partition coefficient (Wildman–Crippen LogP) is 3.99. The standard InChI is InChI=1S/C19H16N2O3/c22-19(23)21-17-6-8-24-18-10-14(3-4-16(17)18)13-2-1-12-5-7-20-11-15(12)9-13/h1-5,7,9-11,17,21H,6,8H2,(H,22,23).